The molecule has 1 aromatic heterocycles. The standard InChI is InChI=1S/C20H30N2O2/c1-3-18-9-15-10-19(12-18,14-20(24,11-15)13-18)17(23)21-7-6-16-5-4-8-22(16)2/h4-5,8,15,24H,3,6-7,9-14H2,1-2H3,(H,21,23). The first-order chi connectivity index (χ1) is 11.4. The van der Waals surface area contributed by atoms with Crippen LogP contribution >= 0.6 is 0 Å². The van der Waals surface area contributed by atoms with Crippen LogP contribution in [-0.2, 0) is 18.3 Å². The van der Waals surface area contributed by atoms with E-state index in [1.165, 1.54) is 12.1 Å². The van der Waals surface area contributed by atoms with E-state index in [-0.39, 0.29) is 16.7 Å². The van der Waals surface area contributed by atoms with Gasteiger partial charge < -0.3 is 15.0 Å². The Balaban J connectivity index is 1.46. The Morgan fingerprint density at radius 1 is 1.33 bits per heavy atom. The molecule has 1 aromatic rings. The van der Waals surface area contributed by atoms with Gasteiger partial charge in [0.1, 0.15) is 0 Å². The minimum Gasteiger partial charge on any atom is -0.390 e. The number of rotatable bonds is 5. The fraction of sp³-hybridized carbons (Fsp3) is 0.750. The maximum Gasteiger partial charge on any atom is 0.226 e. The van der Waals surface area contributed by atoms with Crippen molar-refractivity contribution in [2.75, 3.05) is 6.54 Å². The van der Waals surface area contributed by atoms with Crippen molar-refractivity contribution >= 4 is 5.91 Å². The number of nitrogens with one attached hydrogen (secondary N) is 1. The van der Waals surface area contributed by atoms with Crippen molar-refractivity contribution in [1.82, 2.24) is 9.88 Å². The predicted molar refractivity (Wildman–Crippen MR) is 93.4 cm³/mol. The zero-order chi connectivity index (χ0) is 17.0. The summed E-state index contributed by atoms with van der Waals surface area (Å²) in [6, 6.07) is 4.14. The lowest BCUT2D eigenvalue weighted by Gasteiger charge is -2.64. The number of aryl methyl sites for hydroxylation is 1. The third-order valence-corrected chi connectivity index (χ3v) is 7.10. The Morgan fingerprint density at radius 2 is 2.17 bits per heavy atom. The summed E-state index contributed by atoms with van der Waals surface area (Å²) in [7, 11) is 2.04. The van der Waals surface area contributed by atoms with E-state index in [9.17, 15) is 9.90 Å². The molecule has 1 amide bonds. The van der Waals surface area contributed by atoms with Gasteiger partial charge in [-0.2, -0.15) is 0 Å². The van der Waals surface area contributed by atoms with Gasteiger partial charge in [0, 0.05) is 31.9 Å². The largest absolute Gasteiger partial charge is 0.390 e. The number of nitrogens with zero attached hydrogens (tertiary/aromatic N) is 1. The van der Waals surface area contributed by atoms with Crippen LogP contribution in [0.15, 0.2) is 18.3 Å². The molecule has 4 saturated carbocycles. The van der Waals surface area contributed by atoms with Gasteiger partial charge in [-0.3, -0.25) is 4.79 Å². The lowest BCUT2D eigenvalue weighted by atomic mass is 9.42. The van der Waals surface area contributed by atoms with Gasteiger partial charge in [-0.15, -0.1) is 0 Å². The smallest absolute Gasteiger partial charge is 0.226 e. The highest BCUT2D eigenvalue weighted by atomic mass is 16.3. The molecule has 0 spiro atoms. The topological polar surface area (TPSA) is 54.3 Å². The number of hydrogen-bond donors (Lipinski definition) is 2. The minimum absolute atomic E-state index is 0.192. The molecular formula is C20H30N2O2. The lowest BCUT2D eigenvalue weighted by molar-refractivity contribution is -0.204. The van der Waals surface area contributed by atoms with E-state index in [1.807, 2.05) is 19.3 Å². The molecule has 4 unspecified atom stereocenters. The van der Waals surface area contributed by atoms with Gasteiger partial charge in [0.05, 0.1) is 11.0 Å². The maximum absolute atomic E-state index is 13.1. The molecule has 24 heavy (non-hydrogen) atoms. The summed E-state index contributed by atoms with van der Waals surface area (Å²) in [6.45, 7) is 2.91. The Hall–Kier alpha value is -1.29. The molecule has 4 fully saturated rings. The second-order valence-corrected chi connectivity index (χ2v) is 8.98. The van der Waals surface area contributed by atoms with E-state index >= 15 is 0 Å². The molecule has 0 radical (unpaired) electrons. The van der Waals surface area contributed by atoms with Gasteiger partial charge in [0.25, 0.3) is 0 Å². The molecule has 0 saturated heterocycles. The Morgan fingerprint density at radius 3 is 2.83 bits per heavy atom. The van der Waals surface area contributed by atoms with Gasteiger partial charge >= 0.3 is 0 Å². The third kappa shape index (κ3) is 2.50. The second kappa shape index (κ2) is 5.35. The van der Waals surface area contributed by atoms with Crippen molar-refractivity contribution in [3.8, 4) is 0 Å². The molecule has 4 heteroatoms. The van der Waals surface area contributed by atoms with Crippen LogP contribution in [0.4, 0.5) is 0 Å². The number of carbonyl (C=O) groups is 1. The second-order valence-electron chi connectivity index (χ2n) is 8.98. The Bertz CT molecular complexity index is 654. The van der Waals surface area contributed by atoms with E-state index < -0.39 is 5.60 Å². The van der Waals surface area contributed by atoms with Crippen LogP contribution in [-0.4, -0.2) is 27.7 Å². The van der Waals surface area contributed by atoms with E-state index in [4.69, 9.17) is 0 Å². The molecule has 132 valence electrons. The molecule has 4 atom stereocenters. The van der Waals surface area contributed by atoms with E-state index in [2.05, 4.69) is 22.9 Å². The summed E-state index contributed by atoms with van der Waals surface area (Å²) in [5, 5.41) is 14.2. The van der Waals surface area contributed by atoms with Gasteiger partial charge in [-0.25, -0.2) is 0 Å². The fourth-order valence-electron chi connectivity index (χ4n) is 6.48. The summed E-state index contributed by atoms with van der Waals surface area (Å²) in [5.74, 6) is 0.724. The molecule has 4 nitrogen and oxygen atoms in total. The number of aromatic nitrogens is 1. The van der Waals surface area contributed by atoms with E-state index in [1.54, 1.807) is 0 Å². The number of hydrogen-bond acceptors (Lipinski definition) is 2. The zero-order valence-corrected chi connectivity index (χ0v) is 15.0. The highest BCUT2D eigenvalue weighted by Gasteiger charge is 2.64. The van der Waals surface area contributed by atoms with Gasteiger partial charge in [0.2, 0.25) is 5.91 Å². The summed E-state index contributed by atoms with van der Waals surface area (Å²) in [4.78, 5) is 13.1. The van der Waals surface area contributed by atoms with Crippen LogP contribution in [0.5, 0.6) is 0 Å². The first-order valence-corrected chi connectivity index (χ1v) is 9.49. The van der Waals surface area contributed by atoms with Gasteiger partial charge in [-0.1, -0.05) is 13.3 Å². The van der Waals surface area contributed by atoms with Crippen molar-refractivity contribution in [3.63, 3.8) is 0 Å². The van der Waals surface area contributed by atoms with Crippen molar-refractivity contribution < 1.29 is 9.90 Å². The monoisotopic (exact) mass is 330 g/mol. The zero-order valence-electron chi connectivity index (χ0n) is 15.0. The first-order valence-electron chi connectivity index (χ1n) is 9.49. The summed E-state index contributed by atoms with van der Waals surface area (Å²) in [6.07, 6.45) is 9.65. The van der Waals surface area contributed by atoms with Crippen LogP contribution in [0.3, 0.4) is 0 Å². The molecule has 4 aliphatic rings. The Labute approximate surface area is 144 Å². The van der Waals surface area contributed by atoms with Crippen molar-refractivity contribution in [2.45, 2.75) is 63.9 Å². The number of aliphatic hydroxyl groups is 1. The average Bonchev–Trinajstić information content (AvgIpc) is 2.90. The SMILES string of the molecule is CCC12CC3CC(O)(C1)CC(C(=O)NCCc1cccn1C)(C3)C2. The number of carbonyl (C=O) groups excluding carboxylic acids is 1. The highest BCUT2D eigenvalue weighted by Crippen LogP contribution is 2.67. The lowest BCUT2D eigenvalue weighted by Crippen LogP contribution is -2.63. The van der Waals surface area contributed by atoms with Gasteiger partial charge in [-0.05, 0) is 62.0 Å². The van der Waals surface area contributed by atoms with Crippen LogP contribution < -0.4 is 5.32 Å². The van der Waals surface area contributed by atoms with Crippen molar-refractivity contribution in [1.29, 1.82) is 0 Å². The normalized spacial score (nSPS) is 40.0. The molecule has 4 bridgehead atoms. The fourth-order valence-corrected chi connectivity index (χ4v) is 6.48. The highest BCUT2D eigenvalue weighted by molar-refractivity contribution is 5.83. The molecule has 0 aromatic carbocycles. The van der Waals surface area contributed by atoms with Crippen LogP contribution in [0.1, 0.15) is 57.6 Å². The average molecular weight is 330 g/mol. The minimum atomic E-state index is -0.592. The molecule has 2 N–H and O–H groups in total. The van der Waals surface area contributed by atoms with Crippen LogP contribution in [0, 0.1) is 16.7 Å². The molecular weight excluding hydrogens is 300 g/mol. The van der Waals surface area contributed by atoms with Gasteiger partial charge in [0.15, 0.2) is 0 Å². The van der Waals surface area contributed by atoms with Crippen molar-refractivity contribution in [3.05, 3.63) is 24.0 Å². The third-order valence-electron chi connectivity index (χ3n) is 7.10. The van der Waals surface area contributed by atoms with E-state index in [0.29, 0.717) is 18.9 Å². The molecule has 1 heterocycles. The first kappa shape index (κ1) is 16.2. The quantitative estimate of drug-likeness (QED) is 0.872. The van der Waals surface area contributed by atoms with Crippen LogP contribution in [0.2, 0.25) is 0 Å². The van der Waals surface area contributed by atoms with Crippen molar-refractivity contribution in [2.24, 2.45) is 23.8 Å². The summed E-state index contributed by atoms with van der Waals surface area (Å²) < 4.78 is 2.10. The molecule has 4 aliphatic carbocycles. The van der Waals surface area contributed by atoms with E-state index in [0.717, 1.165) is 38.5 Å². The predicted octanol–water partition coefficient (Wildman–Crippen LogP) is 2.80. The summed E-state index contributed by atoms with van der Waals surface area (Å²) in [5.41, 5.74) is 0.525. The maximum atomic E-state index is 13.1. The molecule has 5 rings (SSSR count). The number of amides is 1. The van der Waals surface area contributed by atoms with Crippen LogP contribution in [0.25, 0.3) is 0 Å². The molecule has 0 aliphatic heterocycles. The Kier molecular flexibility index (Phi) is 3.61. The summed E-state index contributed by atoms with van der Waals surface area (Å²) >= 11 is 0.